The first-order valence-electron chi connectivity index (χ1n) is 23.9. The summed E-state index contributed by atoms with van der Waals surface area (Å²) in [5.41, 5.74) is 10.1. The number of rotatable bonds is 9. The lowest BCUT2D eigenvalue weighted by atomic mass is 9.62. The molecule has 0 spiro atoms. The van der Waals surface area contributed by atoms with Crippen LogP contribution in [-0.4, -0.2) is 42.5 Å². The van der Waals surface area contributed by atoms with Gasteiger partial charge in [-0.2, -0.15) is 0 Å². The van der Waals surface area contributed by atoms with E-state index in [1.165, 1.54) is 104 Å². The van der Waals surface area contributed by atoms with E-state index in [9.17, 15) is 10.4 Å². The molecule has 0 aromatic heterocycles. The zero-order valence-electron chi connectivity index (χ0n) is 39.6. The fourth-order valence-corrected chi connectivity index (χ4v) is 12.5. The maximum Gasteiger partial charge on any atom is 0.269 e. The predicted octanol–water partition coefficient (Wildman–Crippen LogP) is 15.1. The summed E-state index contributed by atoms with van der Waals surface area (Å²) in [5.74, 6) is 2.64. The summed E-state index contributed by atoms with van der Waals surface area (Å²) >= 11 is 0. The molecule has 3 aliphatic carbocycles. The highest BCUT2D eigenvalue weighted by molar-refractivity contribution is 6.28. The molecule has 4 aliphatic heterocycles. The van der Waals surface area contributed by atoms with Crippen molar-refractivity contribution in [3.63, 3.8) is 0 Å². The largest absolute Gasteiger partial charge is 0.483 e. The van der Waals surface area contributed by atoms with Gasteiger partial charge in [-0.3, -0.25) is 10.4 Å². The molecule has 328 valence electrons. The van der Waals surface area contributed by atoms with Crippen molar-refractivity contribution in [1.29, 1.82) is 0 Å². The van der Waals surface area contributed by atoms with Gasteiger partial charge < -0.3 is 9.47 Å². The highest BCUT2D eigenvalue weighted by Crippen LogP contribution is 2.55. The van der Waals surface area contributed by atoms with Crippen LogP contribution in [0.4, 0.5) is 11.4 Å². The van der Waals surface area contributed by atoms with Crippen LogP contribution >= 0.6 is 0 Å². The van der Waals surface area contributed by atoms with Gasteiger partial charge in [0.1, 0.15) is 22.7 Å². The van der Waals surface area contributed by atoms with Crippen LogP contribution in [0.2, 0.25) is 0 Å². The van der Waals surface area contributed by atoms with Crippen LogP contribution in [0.15, 0.2) is 48.6 Å². The average Bonchev–Trinajstić information content (AvgIpc) is 3.59. The molecule has 1 fully saturated rings. The minimum absolute atomic E-state index is 0.0894. The van der Waals surface area contributed by atoms with Crippen LogP contribution in [0.25, 0.3) is 23.3 Å². The molecule has 9 rings (SSSR count). The van der Waals surface area contributed by atoms with Crippen LogP contribution in [0.5, 0.6) is 11.5 Å². The van der Waals surface area contributed by atoms with Crippen molar-refractivity contribution in [2.45, 2.75) is 184 Å². The van der Waals surface area contributed by atoms with Crippen LogP contribution in [-0.2, 0) is 0 Å². The number of hydrogen-bond donors (Lipinski definition) is 2. The summed E-state index contributed by atoms with van der Waals surface area (Å²) in [4.78, 5) is 0. The summed E-state index contributed by atoms with van der Waals surface area (Å²) in [6, 6.07) is 8.44. The van der Waals surface area contributed by atoms with Gasteiger partial charge in [0.25, 0.3) is 11.4 Å². The van der Waals surface area contributed by atoms with Gasteiger partial charge in [0.05, 0.1) is 45.2 Å². The molecule has 7 aliphatic rings. The smallest absolute Gasteiger partial charge is 0.269 e. The van der Waals surface area contributed by atoms with Crippen molar-refractivity contribution < 1.29 is 29.4 Å². The lowest BCUT2D eigenvalue weighted by Gasteiger charge is -2.39. The van der Waals surface area contributed by atoms with Gasteiger partial charge in [0.2, 0.25) is 11.4 Å². The molecule has 1 saturated carbocycles. The highest BCUT2D eigenvalue weighted by atomic mass is 16.5. The fraction of sp³-hybridized carbons (Fsp3) is 0.600. The molecule has 2 aromatic rings. The summed E-state index contributed by atoms with van der Waals surface area (Å²) in [6.45, 7) is 24.5. The van der Waals surface area contributed by atoms with Crippen molar-refractivity contribution in [3.8, 4) is 11.5 Å². The third-order valence-corrected chi connectivity index (χ3v) is 14.9. The molecule has 6 heteroatoms. The van der Waals surface area contributed by atoms with E-state index in [1.807, 2.05) is 12.1 Å². The minimum atomic E-state index is -0.324. The number of hydrogen-bond acceptors (Lipinski definition) is 4. The number of ether oxygens (including phenoxy) is 2. The maximum atomic E-state index is 11.2. The van der Waals surface area contributed by atoms with Gasteiger partial charge in [-0.15, -0.1) is 0 Å². The summed E-state index contributed by atoms with van der Waals surface area (Å²) in [6.07, 6.45) is 33.0. The van der Waals surface area contributed by atoms with Crippen LogP contribution in [0, 0.1) is 27.6 Å². The molecule has 4 heterocycles. The summed E-state index contributed by atoms with van der Waals surface area (Å²) in [5, 5.41) is 22.4. The quantitative estimate of drug-likeness (QED) is 0.150. The lowest BCUT2D eigenvalue weighted by molar-refractivity contribution is -0.712. The van der Waals surface area contributed by atoms with E-state index < -0.39 is 0 Å². The van der Waals surface area contributed by atoms with Gasteiger partial charge in [-0.05, 0) is 122 Å². The van der Waals surface area contributed by atoms with E-state index in [-0.39, 0.29) is 32.9 Å². The lowest BCUT2D eigenvalue weighted by Crippen LogP contribution is -2.38. The Bertz CT molecular complexity index is 2270. The average molecular weight is 829 g/mol. The Hall–Kier alpha value is -4.06. The Labute approximate surface area is 367 Å². The molecule has 0 amide bonds. The summed E-state index contributed by atoms with van der Waals surface area (Å²) in [7, 11) is 0. The van der Waals surface area contributed by atoms with E-state index in [0.717, 1.165) is 75.3 Å². The van der Waals surface area contributed by atoms with Crippen molar-refractivity contribution in [2.75, 3.05) is 0 Å². The highest BCUT2D eigenvalue weighted by Gasteiger charge is 2.54. The second-order valence-corrected chi connectivity index (χ2v) is 23.0. The van der Waals surface area contributed by atoms with E-state index in [1.54, 1.807) is 0 Å². The number of fused-ring (bicyclic) bond motifs is 8. The molecule has 2 unspecified atom stereocenters. The van der Waals surface area contributed by atoms with Gasteiger partial charge in [-0.25, -0.2) is 0 Å². The van der Waals surface area contributed by atoms with Crippen molar-refractivity contribution in [2.24, 2.45) is 27.6 Å². The van der Waals surface area contributed by atoms with Crippen molar-refractivity contribution >= 4 is 46.1 Å². The molecule has 2 N–H and O–H groups in total. The Balaban J connectivity index is 0.000000169. The predicted molar refractivity (Wildman–Crippen MR) is 252 cm³/mol. The number of nitrogens with zero attached hydrogens (tertiary/aromatic N) is 2. The Morgan fingerprint density at radius 1 is 0.590 bits per heavy atom. The second kappa shape index (κ2) is 15.6. The van der Waals surface area contributed by atoms with Crippen LogP contribution in [0.3, 0.4) is 0 Å². The number of benzene rings is 2. The summed E-state index contributed by atoms with van der Waals surface area (Å²) < 4.78 is 15.2. The van der Waals surface area contributed by atoms with Crippen molar-refractivity contribution in [3.05, 3.63) is 70.8 Å². The first-order valence-corrected chi connectivity index (χ1v) is 23.9. The normalized spacial score (nSPS) is 26.9. The Morgan fingerprint density at radius 3 is 1.51 bits per heavy atom. The van der Waals surface area contributed by atoms with Crippen LogP contribution in [0.1, 0.15) is 195 Å². The fourth-order valence-electron chi connectivity index (χ4n) is 12.5. The molecule has 61 heavy (non-hydrogen) atoms. The van der Waals surface area contributed by atoms with Gasteiger partial charge in [0, 0.05) is 20.6 Å². The number of allylic oxidation sites excluding steroid dienone is 4. The first kappa shape index (κ1) is 43.6. The van der Waals surface area contributed by atoms with E-state index in [2.05, 4.69) is 125 Å². The minimum Gasteiger partial charge on any atom is -0.483 e. The first-order chi connectivity index (χ1) is 28.6. The third kappa shape index (κ3) is 8.55. The van der Waals surface area contributed by atoms with E-state index in [0.29, 0.717) is 0 Å². The standard InChI is InChI=1S/C29H40NO2.C26H36NO2/c1-27(2)19-29(5,14-9-12-20-10-7-6-8-11-20)18-23-22-16-21-13-15-28(3,4)32-25(21)17-24(22)30(31)26(23)27;1-7-8-9-10-12-26(6)16-20-19-14-18-11-13-25(4,5)29-22(18)15-21(19)27(28)23(20)24(2,3)17-26/h13,15-18,20,31H,6-12,14,19H2,1-5H3;11,13-16,28H,7-10,12,17H2,1-6H3/q2*+1. The third-order valence-electron chi connectivity index (χ3n) is 14.9. The second-order valence-electron chi connectivity index (χ2n) is 23.0. The van der Waals surface area contributed by atoms with E-state index >= 15 is 0 Å². The molecular formula is C55H76N2O4+2. The number of unbranched alkanes of at least 4 members (excludes halogenated alkanes) is 3. The zero-order chi connectivity index (χ0) is 43.8. The molecule has 6 nitrogen and oxygen atoms in total. The van der Waals surface area contributed by atoms with Gasteiger partial charge >= 0.3 is 0 Å². The molecular weight excluding hydrogens is 753 g/mol. The molecule has 0 radical (unpaired) electrons. The monoisotopic (exact) mass is 829 g/mol. The Morgan fingerprint density at radius 2 is 1.05 bits per heavy atom. The van der Waals surface area contributed by atoms with Crippen molar-refractivity contribution in [1.82, 2.24) is 0 Å². The molecule has 0 bridgehead atoms. The SMILES string of the molecule is CC1(CCCC2CCCCC2)C=C2C(=[N+](O)c3cc4c(cc32)C=CC(C)(C)O4)C(C)(C)C1.CCCCCCC1(C)C=C2C(=[N+](O)c3cc4c(cc32)C=CC(C)(C)O4)C(C)(C)C1. The molecule has 2 aromatic carbocycles. The van der Waals surface area contributed by atoms with E-state index in [4.69, 9.17) is 9.47 Å². The molecule has 2 atom stereocenters. The van der Waals surface area contributed by atoms with Gasteiger partial charge in [-0.1, -0.05) is 116 Å². The molecule has 0 saturated heterocycles. The van der Waals surface area contributed by atoms with Crippen LogP contribution < -0.4 is 9.47 Å². The topological polar surface area (TPSA) is 64.9 Å². The maximum absolute atomic E-state index is 11.2. The van der Waals surface area contributed by atoms with Gasteiger partial charge in [0.15, 0.2) is 0 Å². The zero-order valence-corrected chi connectivity index (χ0v) is 39.6. The Kier molecular flexibility index (Phi) is 11.2.